The largest absolute Gasteiger partial charge is 0.495 e. The number of benzene rings is 2. The molecular weight excluding hydrogens is 398 g/mol. The molecular formula is C17H16F2N2O6S. The van der Waals surface area contributed by atoms with Crippen molar-refractivity contribution in [3.05, 3.63) is 53.6 Å². The Morgan fingerprint density at radius 3 is 2.39 bits per heavy atom. The fourth-order valence-corrected chi connectivity index (χ4v) is 3.03. The van der Waals surface area contributed by atoms with E-state index in [2.05, 4.69) is 10.0 Å². The first-order valence-corrected chi connectivity index (χ1v) is 9.20. The number of halogens is 2. The number of methoxy groups -OCH3 is 1. The van der Waals surface area contributed by atoms with Crippen molar-refractivity contribution in [3.8, 4) is 5.75 Å². The van der Waals surface area contributed by atoms with E-state index in [1.807, 2.05) is 0 Å². The zero-order valence-corrected chi connectivity index (χ0v) is 15.6. The quantitative estimate of drug-likeness (QED) is 0.667. The molecule has 2 N–H and O–H groups in total. The molecule has 0 unspecified atom stereocenters. The third-order valence-electron chi connectivity index (χ3n) is 3.50. The maximum atomic E-state index is 13.1. The number of nitrogens with one attached hydrogen (secondary N) is 2. The number of anilines is 1. The van der Waals surface area contributed by atoms with Crippen molar-refractivity contribution in [2.75, 3.05) is 26.1 Å². The van der Waals surface area contributed by atoms with Crippen LogP contribution in [-0.2, 0) is 19.6 Å². The summed E-state index contributed by atoms with van der Waals surface area (Å²) < 4.78 is 61.9. The molecule has 28 heavy (non-hydrogen) atoms. The molecule has 150 valence electrons. The van der Waals surface area contributed by atoms with Gasteiger partial charge in [-0.2, -0.15) is 0 Å². The lowest BCUT2D eigenvalue weighted by molar-refractivity contribution is -0.119. The van der Waals surface area contributed by atoms with Crippen molar-refractivity contribution in [2.45, 2.75) is 4.90 Å². The third kappa shape index (κ3) is 5.02. The standard InChI is InChI=1S/C17H16F2N2O6S/c1-20-28(24,25)15-7-10(3-6-14(15)26-2)17(23)27-9-16(22)21-11-4-5-12(18)13(19)8-11/h3-8,20H,9H2,1-2H3,(H,21,22). The van der Waals surface area contributed by atoms with E-state index in [4.69, 9.17) is 9.47 Å². The summed E-state index contributed by atoms with van der Waals surface area (Å²) in [5.74, 6) is -3.96. The van der Waals surface area contributed by atoms with E-state index < -0.39 is 40.1 Å². The van der Waals surface area contributed by atoms with Gasteiger partial charge in [-0.3, -0.25) is 4.79 Å². The molecule has 2 aromatic carbocycles. The molecule has 0 aliphatic heterocycles. The number of hydrogen-bond acceptors (Lipinski definition) is 6. The zero-order valence-electron chi connectivity index (χ0n) is 14.8. The summed E-state index contributed by atoms with van der Waals surface area (Å²) in [4.78, 5) is 23.6. The van der Waals surface area contributed by atoms with Gasteiger partial charge >= 0.3 is 5.97 Å². The molecule has 2 aromatic rings. The summed E-state index contributed by atoms with van der Waals surface area (Å²) in [6.45, 7) is -0.724. The number of sulfonamides is 1. The van der Waals surface area contributed by atoms with Crippen LogP contribution in [0.25, 0.3) is 0 Å². The number of ether oxygens (including phenoxy) is 2. The van der Waals surface area contributed by atoms with Crippen LogP contribution in [0.3, 0.4) is 0 Å². The normalized spacial score (nSPS) is 11.0. The van der Waals surface area contributed by atoms with E-state index >= 15 is 0 Å². The summed E-state index contributed by atoms with van der Waals surface area (Å²) >= 11 is 0. The molecule has 11 heteroatoms. The van der Waals surface area contributed by atoms with Gasteiger partial charge in [0, 0.05) is 11.8 Å². The smallest absolute Gasteiger partial charge is 0.338 e. The van der Waals surface area contributed by atoms with Crippen LogP contribution in [0.1, 0.15) is 10.4 Å². The Bertz CT molecular complexity index is 1010. The number of carbonyl (C=O) groups is 2. The number of hydrogen-bond donors (Lipinski definition) is 2. The van der Waals surface area contributed by atoms with Gasteiger partial charge in [-0.25, -0.2) is 26.7 Å². The lowest BCUT2D eigenvalue weighted by Crippen LogP contribution is -2.22. The third-order valence-corrected chi connectivity index (χ3v) is 4.93. The second kappa shape index (κ2) is 8.76. The monoisotopic (exact) mass is 414 g/mol. The predicted molar refractivity (Wildman–Crippen MR) is 94.5 cm³/mol. The average molecular weight is 414 g/mol. The van der Waals surface area contributed by atoms with Crippen LogP contribution in [0.15, 0.2) is 41.3 Å². The van der Waals surface area contributed by atoms with Gasteiger partial charge in [0.2, 0.25) is 10.0 Å². The van der Waals surface area contributed by atoms with Crippen molar-refractivity contribution in [3.63, 3.8) is 0 Å². The minimum atomic E-state index is -3.90. The van der Waals surface area contributed by atoms with Crippen LogP contribution in [-0.4, -0.2) is 41.1 Å². The Hall–Kier alpha value is -3.05. The Labute approximate surface area is 159 Å². The molecule has 0 atom stereocenters. The maximum Gasteiger partial charge on any atom is 0.338 e. The van der Waals surface area contributed by atoms with Gasteiger partial charge in [0.1, 0.15) is 10.6 Å². The fourth-order valence-electron chi connectivity index (χ4n) is 2.11. The van der Waals surface area contributed by atoms with Crippen molar-refractivity contribution in [1.29, 1.82) is 0 Å². The van der Waals surface area contributed by atoms with Crippen LogP contribution in [0, 0.1) is 11.6 Å². The number of esters is 1. The summed E-state index contributed by atoms with van der Waals surface area (Å²) in [6.07, 6.45) is 0. The highest BCUT2D eigenvalue weighted by Gasteiger charge is 2.21. The van der Waals surface area contributed by atoms with Crippen LogP contribution in [0.2, 0.25) is 0 Å². The number of rotatable bonds is 7. The Balaban J connectivity index is 2.07. The second-order valence-corrected chi connectivity index (χ2v) is 7.18. The molecule has 0 saturated carbocycles. The van der Waals surface area contributed by atoms with E-state index in [0.717, 1.165) is 24.3 Å². The first kappa shape index (κ1) is 21.3. The first-order chi connectivity index (χ1) is 13.2. The Morgan fingerprint density at radius 2 is 1.79 bits per heavy atom. The molecule has 0 radical (unpaired) electrons. The molecule has 8 nitrogen and oxygen atoms in total. The molecule has 1 amide bonds. The Kier molecular flexibility index (Phi) is 6.65. The summed E-state index contributed by atoms with van der Waals surface area (Å²) in [7, 11) is -1.44. The van der Waals surface area contributed by atoms with Crippen LogP contribution in [0.4, 0.5) is 14.5 Å². The molecule has 0 fully saturated rings. The highest BCUT2D eigenvalue weighted by molar-refractivity contribution is 7.89. The van der Waals surface area contributed by atoms with Gasteiger partial charge in [-0.05, 0) is 37.4 Å². The SMILES string of the molecule is CNS(=O)(=O)c1cc(C(=O)OCC(=O)Nc2ccc(F)c(F)c2)ccc1OC. The average Bonchev–Trinajstić information content (AvgIpc) is 2.68. The van der Waals surface area contributed by atoms with Gasteiger partial charge < -0.3 is 14.8 Å². The molecule has 0 aliphatic carbocycles. The summed E-state index contributed by atoms with van der Waals surface area (Å²) in [6, 6.07) is 6.31. The van der Waals surface area contributed by atoms with Crippen molar-refractivity contribution in [1.82, 2.24) is 4.72 Å². The van der Waals surface area contributed by atoms with E-state index in [9.17, 15) is 26.8 Å². The highest BCUT2D eigenvalue weighted by atomic mass is 32.2. The summed E-state index contributed by atoms with van der Waals surface area (Å²) in [5, 5.41) is 2.23. The van der Waals surface area contributed by atoms with E-state index in [1.165, 1.54) is 26.3 Å². The van der Waals surface area contributed by atoms with E-state index in [0.29, 0.717) is 0 Å². The lowest BCUT2D eigenvalue weighted by Gasteiger charge is -2.11. The van der Waals surface area contributed by atoms with Gasteiger partial charge in [0.05, 0.1) is 12.7 Å². The Morgan fingerprint density at radius 1 is 1.07 bits per heavy atom. The zero-order chi connectivity index (χ0) is 20.9. The second-order valence-electron chi connectivity index (χ2n) is 5.33. The molecule has 0 aromatic heterocycles. The van der Waals surface area contributed by atoms with Crippen molar-refractivity contribution in [2.24, 2.45) is 0 Å². The fraction of sp³-hybridized carbons (Fsp3) is 0.176. The summed E-state index contributed by atoms with van der Waals surface area (Å²) in [5.41, 5.74) is -0.151. The van der Waals surface area contributed by atoms with Crippen molar-refractivity contribution < 1.29 is 36.3 Å². The molecule has 0 aliphatic rings. The maximum absolute atomic E-state index is 13.1. The van der Waals surface area contributed by atoms with Gasteiger partial charge in [-0.15, -0.1) is 0 Å². The van der Waals surface area contributed by atoms with Crippen LogP contribution >= 0.6 is 0 Å². The lowest BCUT2D eigenvalue weighted by atomic mass is 10.2. The van der Waals surface area contributed by atoms with Gasteiger partial charge in [0.15, 0.2) is 18.2 Å². The van der Waals surface area contributed by atoms with Crippen LogP contribution < -0.4 is 14.8 Å². The van der Waals surface area contributed by atoms with E-state index in [1.54, 1.807) is 0 Å². The minimum absolute atomic E-state index is 0.0157. The molecule has 0 heterocycles. The molecule has 0 saturated heterocycles. The first-order valence-electron chi connectivity index (χ1n) is 7.71. The predicted octanol–water partition coefficient (Wildman–Crippen LogP) is 1.68. The minimum Gasteiger partial charge on any atom is -0.495 e. The molecule has 0 bridgehead atoms. The topological polar surface area (TPSA) is 111 Å². The van der Waals surface area contributed by atoms with Gasteiger partial charge in [-0.1, -0.05) is 0 Å². The number of amides is 1. The highest BCUT2D eigenvalue weighted by Crippen LogP contribution is 2.25. The molecule has 0 spiro atoms. The van der Waals surface area contributed by atoms with Crippen LogP contribution in [0.5, 0.6) is 5.75 Å². The molecule has 2 rings (SSSR count). The van der Waals surface area contributed by atoms with E-state index in [-0.39, 0.29) is 21.9 Å². The van der Waals surface area contributed by atoms with Crippen molar-refractivity contribution >= 4 is 27.6 Å². The number of carbonyl (C=O) groups excluding carboxylic acids is 2. The van der Waals surface area contributed by atoms with Gasteiger partial charge in [0.25, 0.3) is 5.91 Å².